The van der Waals surface area contributed by atoms with Crippen molar-refractivity contribution in [3.8, 4) is 5.75 Å². The zero-order chi connectivity index (χ0) is 15.9. The first-order valence-corrected chi connectivity index (χ1v) is 7.08. The Balaban J connectivity index is 1.97. The smallest absolute Gasteiger partial charge is 0.269 e. The van der Waals surface area contributed by atoms with Crippen molar-refractivity contribution >= 4 is 29.2 Å². The lowest BCUT2D eigenvalue weighted by atomic mass is 10.2. The van der Waals surface area contributed by atoms with Gasteiger partial charge in [-0.1, -0.05) is 24.2 Å². The molecule has 1 aromatic carbocycles. The summed E-state index contributed by atoms with van der Waals surface area (Å²) in [6.07, 6.45) is 0.894. The highest BCUT2D eigenvalue weighted by atomic mass is 32.1. The van der Waals surface area contributed by atoms with E-state index in [-0.39, 0.29) is 17.0 Å². The van der Waals surface area contributed by atoms with E-state index in [2.05, 4.69) is 26.0 Å². The summed E-state index contributed by atoms with van der Waals surface area (Å²) in [5, 5.41) is 17.1. The molecule has 22 heavy (non-hydrogen) atoms. The van der Waals surface area contributed by atoms with E-state index >= 15 is 0 Å². The predicted octanol–water partition coefficient (Wildman–Crippen LogP) is 1.22. The number of carbonyl (C=O) groups excluding carboxylic acids is 1. The molecular weight excluding hydrogens is 304 g/mol. The monoisotopic (exact) mass is 320 g/mol. The van der Waals surface area contributed by atoms with E-state index in [4.69, 9.17) is 17.0 Å². The van der Waals surface area contributed by atoms with Crippen molar-refractivity contribution in [1.82, 2.24) is 25.5 Å². The highest BCUT2D eigenvalue weighted by molar-refractivity contribution is 7.80. The molecule has 1 heterocycles. The van der Waals surface area contributed by atoms with Crippen LogP contribution in [0.5, 0.6) is 5.75 Å². The zero-order valence-corrected chi connectivity index (χ0v) is 13.1. The fourth-order valence-electron chi connectivity index (χ4n) is 1.72. The number of anilines is 1. The van der Waals surface area contributed by atoms with Crippen molar-refractivity contribution in [3.63, 3.8) is 0 Å². The van der Waals surface area contributed by atoms with Crippen LogP contribution in [-0.4, -0.2) is 38.3 Å². The van der Waals surface area contributed by atoms with E-state index in [1.807, 2.05) is 6.92 Å². The van der Waals surface area contributed by atoms with Crippen LogP contribution in [0.4, 0.5) is 5.95 Å². The van der Waals surface area contributed by atoms with Crippen molar-refractivity contribution in [2.24, 2.45) is 0 Å². The van der Waals surface area contributed by atoms with Gasteiger partial charge in [0.25, 0.3) is 11.9 Å². The molecule has 2 aromatic rings. The Bertz CT molecular complexity index is 672. The Morgan fingerprint density at radius 3 is 2.91 bits per heavy atom. The maximum absolute atomic E-state index is 12.2. The van der Waals surface area contributed by atoms with Crippen LogP contribution in [0.2, 0.25) is 0 Å². The van der Waals surface area contributed by atoms with Gasteiger partial charge in [-0.3, -0.25) is 15.4 Å². The van der Waals surface area contributed by atoms with E-state index in [1.54, 1.807) is 24.3 Å². The van der Waals surface area contributed by atoms with Gasteiger partial charge in [-0.15, -0.1) is 5.10 Å². The van der Waals surface area contributed by atoms with Gasteiger partial charge in [-0.05, 0) is 36.0 Å². The number of ether oxygens (including phenoxy) is 1. The van der Waals surface area contributed by atoms with Gasteiger partial charge in [0.1, 0.15) is 5.75 Å². The van der Waals surface area contributed by atoms with E-state index in [9.17, 15) is 4.79 Å². The van der Waals surface area contributed by atoms with Crippen LogP contribution in [0.3, 0.4) is 0 Å². The van der Waals surface area contributed by atoms with E-state index in [0.29, 0.717) is 17.9 Å². The van der Waals surface area contributed by atoms with Gasteiger partial charge in [-0.25, -0.2) is 0 Å². The number of benzene rings is 1. The Morgan fingerprint density at radius 1 is 1.41 bits per heavy atom. The van der Waals surface area contributed by atoms with Gasteiger partial charge in [0.2, 0.25) is 0 Å². The summed E-state index contributed by atoms with van der Waals surface area (Å²) in [7, 11) is 1.50. The van der Waals surface area contributed by atoms with Crippen LogP contribution in [0.25, 0.3) is 0 Å². The molecule has 0 fully saturated rings. The third-order valence-electron chi connectivity index (χ3n) is 2.68. The first-order chi connectivity index (χ1) is 10.6. The molecule has 2 rings (SSSR count). The van der Waals surface area contributed by atoms with Gasteiger partial charge in [0.05, 0.1) is 19.2 Å². The molecule has 2 N–H and O–H groups in total. The van der Waals surface area contributed by atoms with Crippen LogP contribution in [0.15, 0.2) is 24.3 Å². The number of thiocarbonyl (C=S) groups is 1. The molecular formula is C13H16N6O2S. The second kappa shape index (κ2) is 7.46. The van der Waals surface area contributed by atoms with Gasteiger partial charge in [0.15, 0.2) is 5.11 Å². The number of rotatable bonds is 5. The van der Waals surface area contributed by atoms with Crippen LogP contribution >= 0.6 is 12.2 Å². The van der Waals surface area contributed by atoms with Crippen molar-refractivity contribution in [3.05, 3.63) is 29.8 Å². The number of amides is 1. The second-order valence-corrected chi connectivity index (χ2v) is 4.73. The largest absolute Gasteiger partial charge is 0.496 e. The molecule has 0 aliphatic heterocycles. The normalized spacial score (nSPS) is 10.1. The van der Waals surface area contributed by atoms with Crippen molar-refractivity contribution in [2.45, 2.75) is 19.9 Å². The SMILES string of the molecule is CCCn1nnc(NC(=S)NC(=O)c2ccccc2OC)n1. The summed E-state index contributed by atoms with van der Waals surface area (Å²) in [5.41, 5.74) is 0.386. The predicted molar refractivity (Wildman–Crippen MR) is 84.8 cm³/mol. The summed E-state index contributed by atoms with van der Waals surface area (Å²) >= 11 is 5.06. The minimum Gasteiger partial charge on any atom is -0.496 e. The third-order valence-corrected chi connectivity index (χ3v) is 2.88. The fourth-order valence-corrected chi connectivity index (χ4v) is 1.91. The number of nitrogens with one attached hydrogen (secondary N) is 2. The van der Waals surface area contributed by atoms with Crippen molar-refractivity contribution in [1.29, 1.82) is 0 Å². The maximum atomic E-state index is 12.2. The average molecular weight is 320 g/mol. The van der Waals surface area contributed by atoms with Gasteiger partial charge >= 0.3 is 0 Å². The highest BCUT2D eigenvalue weighted by Crippen LogP contribution is 2.16. The molecule has 0 aliphatic carbocycles. The summed E-state index contributed by atoms with van der Waals surface area (Å²) in [5.74, 6) is 0.324. The molecule has 1 aromatic heterocycles. The first kappa shape index (κ1) is 15.8. The summed E-state index contributed by atoms with van der Waals surface area (Å²) in [4.78, 5) is 13.6. The molecule has 0 unspecified atom stereocenters. The molecule has 1 amide bonds. The minimum atomic E-state index is -0.379. The number of methoxy groups -OCH3 is 1. The quantitative estimate of drug-likeness (QED) is 0.800. The molecule has 9 heteroatoms. The van der Waals surface area contributed by atoms with E-state index in [0.717, 1.165) is 6.42 Å². The molecule has 0 spiro atoms. The van der Waals surface area contributed by atoms with Crippen LogP contribution in [-0.2, 0) is 6.54 Å². The Morgan fingerprint density at radius 2 is 2.18 bits per heavy atom. The van der Waals surface area contributed by atoms with Gasteiger partial charge in [0, 0.05) is 0 Å². The zero-order valence-electron chi connectivity index (χ0n) is 12.2. The Hall–Kier alpha value is -2.55. The summed E-state index contributed by atoms with van der Waals surface area (Å²) in [6.45, 7) is 2.67. The number of aryl methyl sites for hydroxylation is 1. The minimum absolute atomic E-state index is 0.0898. The molecule has 0 atom stereocenters. The van der Waals surface area contributed by atoms with E-state index < -0.39 is 0 Å². The number of hydrogen-bond acceptors (Lipinski definition) is 6. The highest BCUT2D eigenvalue weighted by Gasteiger charge is 2.13. The van der Waals surface area contributed by atoms with Gasteiger partial charge < -0.3 is 4.74 Å². The lowest BCUT2D eigenvalue weighted by Gasteiger charge is -2.09. The first-order valence-electron chi connectivity index (χ1n) is 6.67. The van der Waals surface area contributed by atoms with Crippen LogP contribution in [0, 0.1) is 0 Å². The summed E-state index contributed by atoms with van der Waals surface area (Å²) in [6, 6.07) is 6.86. The number of hydrogen-bond donors (Lipinski definition) is 2. The summed E-state index contributed by atoms with van der Waals surface area (Å²) < 4.78 is 5.13. The number of tetrazole rings is 1. The number of aromatic nitrogens is 4. The number of nitrogens with zero attached hydrogens (tertiary/aromatic N) is 4. The molecule has 8 nitrogen and oxygen atoms in total. The molecule has 116 valence electrons. The van der Waals surface area contributed by atoms with Crippen LogP contribution < -0.4 is 15.4 Å². The lowest BCUT2D eigenvalue weighted by molar-refractivity contribution is 0.0975. The van der Waals surface area contributed by atoms with Crippen molar-refractivity contribution < 1.29 is 9.53 Å². The average Bonchev–Trinajstić information content (AvgIpc) is 2.94. The van der Waals surface area contributed by atoms with Gasteiger partial charge in [-0.2, -0.15) is 4.80 Å². The molecule has 0 bridgehead atoms. The standard InChI is InChI=1S/C13H16N6O2S/c1-3-8-19-17-12(16-18-19)15-13(22)14-11(20)9-6-4-5-7-10(9)21-2/h4-7H,3,8H2,1-2H3,(H2,14,15,17,20,22). The third kappa shape index (κ3) is 3.98. The molecule has 0 aliphatic rings. The Kier molecular flexibility index (Phi) is 5.37. The van der Waals surface area contributed by atoms with Crippen LogP contribution in [0.1, 0.15) is 23.7 Å². The lowest BCUT2D eigenvalue weighted by Crippen LogP contribution is -2.34. The Labute approximate surface area is 132 Å². The van der Waals surface area contributed by atoms with Crippen molar-refractivity contribution in [2.75, 3.05) is 12.4 Å². The number of carbonyl (C=O) groups is 1. The topological polar surface area (TPSA) is 94.0 Å². The molecule has 0 saturated heterocycles. The number of para-hydroxylation sites is 1. The molecule has 0 radical (unpaired) electrons. The second-order valence-electron chi connectivity index (χ2n) is 4.32. The van der Waals surface area contributed by atoms with E-state index in [1.165, 1.54) is 11.9 Å². The fraction of sp³-hybridized carbons (Fsp3) is 0.308. The molecule has 0 saturated carbocycles. The maximum Gasteiger partial charge on any atom is 0.269 e.